The highest BCUT2D eigenvalue weighted by Gasteiger charge is 2.67. The van der Waals surface area contributed by atoms with Crippen molar-refractivity contribution >= 4 is 23.6 Å². The Bertz CT molecular complexity index is 877. The molecule has 33 heavy (non-hydrogen) atoms. The van der Waals surface area contributed by atoms with E-state index in [-0.39, 0.29) is 12.0 Å². The Morgan fingerprint density at radius 3 is 2.55 bits per heavy atom. The largest absolute Gasteiger partial charge is 0.497 e. The van der Waals surface area contributed by atoms with Crippen LogP contribution in [0, 0.1) is 5.92 Å². The highest BCUT2D eigenvalue weighted by atomic mass is 35.5. The summed E-state index contributed by atoms with van der Waals surface area (Å²) in [5, 5.41) is 11.4. The lowest BCUT2D eigenvalue weighted by atomic mass is 9.66. The third kappa shape index (κ3) is 5.80. The molecule has 6 unspecified atom stereocenters. The summed E-state index contributed by atoms with van der Waals surface area (Å²) >= 11 is 6.24. The second kappa shape index (κ2) is 10.6. The normalized spacial score (nSPS) is 33.5. The summed E-state index contributed by atoms with van der Waals surface area (Å²) in [7, 11) is 3.18. The molecule has 2 fully saturated rings. The van der Waals surface area contributed by atoms with Gasteiger partial charge in [0.25, 0.3) is 0 Å². The minimum atomic E-state index is -1.17. The van der Waals surface area contributed by atoms with Gasteiger partial charge in [0.05, 0.1) is 30.6 Å². The summed E-state index contributed by atoms with van der Waals surface area (Å²) in [4.78, 5) is 12.6. The number of carbonyl (C=O) groups is 1. The van der Waals surface area contributed by atoms with Gasteiger partial charge in [0.15, 0.2) is 0 Å². The minimum Gasteiger partial charge on any atom is -0.497 e. The second-order valence-corrected chi connectivity index (χ2v) is 9.61. The van der Waals surface area contributed by atoms with Gasteiger partial charge in [-0.25, -0.2) is 4.79 Å². The summed E-state index contributed by atoms with van der Waals surface area (Å²) in [5.41, 5.74) is 0.289. The van der Waals surface area contributed by atoms with Crippen LogP contribution >= 0.6 is 11.6 Å². The zero-order valence-electron chi connectivity index (χ0n) is 20.0. The van der Waals surface area contributed by atoms with E-state index in [1.165, 1.54) is 11.6 Å². The smallest absolute Gasteiger partial charge is 0.331 e. The lowest BCUT2D eigenvalue weighted by Gasteiger charge is -2.48. The van der Waals surface area contributed by atoms with E-state index in [1.54, 1.807) is 20.3 Å². The van der Waals surface area contributed by atoms with Gasteiger partial charge in [-0.3, -0.25) is 0 Å². The summed E-state index contributed by atoms with van der Waals surface area (Å²) in [6.45, 7) is 6.07. The van der Waals surface area contributed by atoms with Crippen LogP contribution in [0.4, 0.5) is 0 Å². The van der Waals surface area contributed by atoms with Crippen molar-refractivity contribution in [3.8, 4) is 5.75 Å². The third-order valence-electron chi connectivity index (χ3n) is 6.77. The van der Waals surface area contributed by atoms with Crippen LogP contribution in [0.25, 0.3) is 6.08 Å². The topological polar surface area (TPSA) is 77.5 Å². The van der Waals surface area contributed by atoms with Crippen molar-refractivity contribution in [2.75, 3.05) is 20.1 Å². The van der Waals surface area contributed by atoms with Gasteiger partial charge < -0.3 is 24.1 Å². The Morgan fingerprint density at radius 1 is 1.27 bits per heavy atom. The molecule has 1 aliphatic heterocycles. The van der Waals surface area contributed by atoms with Gasteiger partial charge in [-0.05, 0) is 63.8 Å². The Hall–Kier alpha value is -1.86. The molecule has 0 amide bonds. The standard InChI is InChI=1S/C26H35ClO6/c1-17(2)6-12-21-25(3,33-21)24-23(31-5)20(14-15-26(24,29)16-27)32-22(28)13-9-18-7-10-19(30-4)11-8-18/h6-11,13,20-21,23-24,29H,12,14-16H2,1-5H3. The van der Waals surface area contributed by atoms with Gasteiger partial charge in [-0.1, -0.05) is 23.8 Å². The van der Waals surface area contributed by atoms with E-state index >= 15 is 0 Å². The van der Waals surface area contributed by atoms with Crippen molar-refractivity contribution < 1.29 is 28.8 Å². The molecule has 2 aliphatic rings. The van der Waals surface area contributed by atoms with Gasteiger partial charge in [0.2, 0.25) is 0 Å². The molecule has 1 aromatic carbocycles. The van der Waals surface area contributed by atoms with Gasteiger partial charge in [0, 0.05) is 13.2 Å². The molecule has 1 aromatic rings. The zero-order chi connectivity index (χ0) is 24.2. The maximum atomic E-state index is 12.6. The number of halogens is 1. The molecule has 6 nitrogen and oxygen atoms in total. The van der Waals surface area contributed by atoms with E-state index in [2.05, 4.69) is 6.08 Å². The van der Waals surface area contributed by atoms with Crippen LogP contribution < -0.4 is 4.74 Å². The molecule has 1 saturated carbocycles. The van der Waals surface area contributed by atoms with E-state index in [0.29, 0.717) is 12.8 Å². The third-order valence-corrected chi connectivity index (χ3v) is 7.23. The average molecular weight is 479 g/mol. The molecule has 1 saturated heterocycles. The van der Waals surface area contributed by atoms with Gasteiger partial charge in [0.1, 0.15) is 23.6 Å². The molecule has 6 atom stereocenters. The molecule has 0 radical (unpaired) electrons. The van der Waals surface area contributed by atoms with Crippen LogP contribution in [0.2, 0.25) is 0 Å². The second-order valence-electron chi connectivity index (χ2n) is 9.34. The molecule has 0 aromatic heterocycles. The number of benzene rings is 1. The lowest BCUT2D eigenvalue weighted by Crippen LogP contribution is -2.61. The molecular weight excluding hydrogens is 444 g/mol. The van der Waals surface area contributed by atoms with Crippen LogP contribution in [-0.2, 0) is 19.0 Å². The van der Waals surface area contributed by atoms with Crippen molar-refractivity contribution in [3.63, 3.8) is 0 Å². The first-order valence-electron chi connectivity index (χ1n) is 11.3. The quantitative estimate of drug-likeness (QED) is 0.185. The van der Waals surface area contributed by atoms with Crippen molar-refractivity contribution in [2.45, 2.75) is 69.5 Å². The molecule has 7 heteroatoms. The number of ether oxygens (including phenoxy) is 4. The molecular formula is C26H35ClO6. The number of hydrogen-bond donors (Lipinski definition) is 1. The van der Waals surface area contributed by atoms with E-state index in [9.17, 15) is 9.90 Å². The first-order chi connectivity index (χ1) is 15.7. The van der Waals surface area contributed by atoms with E-state index in [4.69, 9.17) is 30.5 Å². The van der Waals surface area contributed by atoms with Crippen molar-refractivity contribution in [1.29, 1.82) is 0 Å². The van der Waals surface area contributed by atoms with E-state index < -0.39 is 35.3 Å². The molecule has 182 valence electrons. The lowest BCUT2D eigenvalue weighted by molar-refractivity contribution is -0.189. The highest BCUT2D eigenvalue weighted by molar-refractivity contribution is 6.18. The molecule has 1 aliphatic carbocycles. The summed E-state index contributed by atoms with van der Waals surface area (Å²) in [6, 6.07) is 7.37. The summed E-state index contributed by atoms with van der Waals surface area (Å²) < 4.78 is 22.8. The van der Waals surface area contributed by atoms with Gasteiger partial charge >= 0.3 is 5.97 Å². The first-order valence-corrected chi connectivity index (χ1v) is 11.9. The van der Waals surface area contributed by atoms with Crippen LogP contribution in [-0.4, -0.2) is 60.7 Å². The molecule has 0 spiro atoms. The number of allylic oxidation sites excluding steroid dienone is 1. The molecule has 3 rings (SSSR count). The number of hydrogen-bond acceptors (Lipinski definition) is 6. The fourth-order valence-electron chi connectivity index (χ4n) is 4.89. The number of carbonyl (C=O) groups excluding carboxylic acids is 1. The number of aliphatic hydroxyl groups is 1. The number of epoxide rings is 1. The first kappa shape index (κ1) is 25.8. The minimum absolute atomic E-state index is 0.0470. The summed E-state index contributed by atoms with van der Waals surface area (Å²) in [5.74, 6) is -0.0865. The molecule has 1 heterocycles. The van der Waals surface area contributed by atoms with Crippen LogP contribution in [0.5, 0.6) is 5.75 Å². The maximum Gasteiger partial charge on any atom is 0.331 e. The van der Waals surface area contributed by atoms with Crippen molar-refractivity contribution in [3.05, 3.63) is 47.6 Å². The van der Waals surface area contributed by atoms with Crippen LogP contribution in [0.15, 0.2) is 42.0 Å². The van der Waals surface area contributed by atoms with E-state index in [0.717, 1.165) is 17.7 Å². The predicted molar refractivity (Wildman–Crippen MR) is 128 cm³/mol. The fourth-order valence-corrected chi connectivity index (χ4v) is 5.19. The SMILES string of the molecule is COc1ccc(C=CC(=O)OC2CCC(O)(CCl)C(C3(C)OC3CC=C(C)C)C2OC)cc1. The Labute approximate surface area is 201 Å². The Kier molecular flexibility index (Phi) is 8.27. The highest BCUT2D eigenvalue weighted by Crippen LogP contribution is 2.54. The number of esters is 1. The zero-order valence-corrected chi connectivity index (χ0v) is 20.8. The predicted octanol–water partition coefficient (Wildman–Crippen LogP) is 4.53. The average Bonchev–Trinajstić information content (AvgIpc) is 3.47. The maximum absolute atomic E-state index is 12.6. The van der Waals surface area contributed by atoms with Crippen molar-refractivity contribution in [2.24, 2.45) is 5.92 Å². The number of rotatable bonds is 9. The van der Waals surface area contributed by atoms with E-state index in [1.807, 2.05) is 45.0 Å². The van der Waals surface area contributed by atoms with Gasteiger partial charge in [-0.2, -0.15) is 0 Å². The number of alkyl halides is 1. The van der Waals surface area contributed by atoms with Gasteiger partial charge in [-0.15, -0.1) is 11.6 Å². The number of methoxy groups -OCH3 is 2. The Morgan fingerprint density at radius 2 is 1.97 bits per heavy atom. The summed E-state index contributed by atoms with van der Waals surface area (Å²) in [6.07, 6.45) is 5.72. The molecule has 1 N–H and O–H groups in total. The van der Waals surface area contributed by atoms with Crippen molar-refractivity contribution in [1.82, 2.24) is 0 Å². The molecule has 0 bridgehead atoms. The van der Waals surface area contributed by atoms with Crippen LogP contribution in [0.1, 0.15) is 45.6 Å². The monoisotopic (exact) mass is 478 g/mol. The Balaban J connectivity index is 1.73. The fraction of sp³-hybridized carbons (Fsp3) is 0.577. The van der Waals surface area contributed by atoms with Crippen LogP contribution in [0.3, 0.4) is 0 Å².